The molecule has 0 N–H and O–H groups in total. The minimum atomic E-state index is -0.356. The highest BCUT2D eigenvalue weighted by molar-refractivity contribution is 5.76. The van der Waals surface area contributed by atoms with Crippen molar-refractivity contribution in [1.29, 1.82) is 0 Å². The van der Waals surface area contributed by atoms with Gasteiger partial charge in [-0.1, -0.05) is 6.07 Å². The van der Waals surface area contributed by atoms with Gasteiger partial charge in [-0.05, 0) is 41.8 Å². The number of carbonyl (C=O) groups is 1. The SMILES string of the molecule is COc1ccc(CN2CCN(C(=O)CCc3cc(OC)c(OC)c(OC)c3)CC2)cc1F. The third-order valence-corrected chi connectivity index (χ3v) is 5.70. The van der Waals surface area contributed by atoms with Gasteiger partial charge in [0.2, 0.25) is 11.7 Å². The number of rotatable bonds is 9. The van der Waals surface area contributed by atoms with E-state index in [0.717, 1.165) is 24.2 Å². The zero-order chi connectivity index (χ0) is 23.1. The second-order valence-corrected chi connectivity index (χ2v) is 7.66. The summed E-state index contributed by atoms with van der Waals surface area (Å²) in [7, 11) is 6.17. The van der Waals surface area contributed by atoms with Crippen molar-refractivity contribution in [1.82, 2.24) is 9.80 Å². The van der Waals surface area contributed by atoms with Gasteiger partial charge < -0.3 is 23.8 Å². The molecule has 1 fully saturated rings. The molecule has 0 aromatic heterocycles. The fourth-order valence-corrected chi connectivity index (χ4v) is 3.91. The highest BCUT2D eigenvalue weighted by Crippen LogP contribution is 2.38. The number of nitrogens with zero attached hydrogens (tertiary/aromatic N) is 2. The Bertz CT molecular complexity index is 904. The number of aryl methyl sites for hydroxylation is 1. The number of piperazine rings is 1. The first-order valence-electron chi connectivity index (χ1n) is 10.6. The van der Waals surface area contributed by atoms with Crippen LogP contribution in [-0.4, -0.2) is 70.3 Å². The Balaban J connectivity index is 1.51. The van der Waals surface area contributed by atoms with Gasteiger partial charge in [0.25, 0.3) is 0 Å². The van der Waals surface area contributed by atoms with Crippen LogP contribution in [0.15, 0.2) is 30.3 Å². The van der Waals surface area contributed by atoms with Crippen molar-refractivity contribution in [2.45, 2.75) is 19.4 Å². The zero-order valence-electron chi connectivity index (χ0n) is 19.2. The molecule has 0 atom stereocenters. The maximum Gasteiger partial charge on any atom is 0.222 e. The van der Waals surface area contributed by atoms with Crippen LogP contribution in [0.4, 0.5) is 4.39 Å². The molecule has 2 aromatic carbocycles. The molecule has 174 valence electrons. The molecule has 1 heterocycles. The molecule has 0 unspecified atom stereocenters. The van der Waals surface area contributed by atoms with E-state index in [1.165, 1.54) is 13.2 Å². The van der Waals surface area contributed by atoms with E-state index in [9.17, 15) is 9.18 Å². The molecule has 0 aliphatic carbocycles. The molecule has 1 aliphatic heterocycles. The molecule has 1 aliphatic rings. The second-order valence-electron chi connectivity index (χ2n) is 7.66. The maximum atomic E-state index is 13.9. The molecular weight excluding hydrogens is 415 g/mol. The lowest BCUT2D eigenvalue weighted by molar-refractivity contribution is -0.133. The zero-order valence-corrected chi connectivity index (χ0v) is 19.2. The van der Waals surface area contributed by atoms with E-state index < -0.39 is 0 Å². The van der Waals surface area contributed by atoms with E-state index in [4.69, 9.17) is 18.9 Å². The predicted molar refractivity (Wildman–Crippen MR) is 119 cm³/mol. The number of amides is 1. The van der Waals surface area contributed by atoms with Crippen LogP contribution in [0.1, 0.15) is 17.5 Å². The molecule has 0 saturated carbocycles. The van der Waals surface area contributed by atoms with Crippen LogP contribution in [0, 0.1) is 5.82 Å². The van der Waals surface area contributed by atoms with Crippen molar-refractivity contribution in [3.05, 3.63) is 47.3 Å². The number of methoxy groups -OCH3 is 4. The number of hydrogen-bond donors (Lipinski definition) is 0. The summed E-state index contributed by atoms with van der Waals surface area (Å²) in [5.74, 6) is 1.71. The van der Waals surface area contributed by atoms with E-state index in [1.54, 1.807) is 27.4 Å². The monoisotopic (exact) mass is 446 g/mol. The first-order chi connectivity index (χ1) is 15.5. The van der Waals surface area contributed by atoms with Crippen LogP contribution in [0.5, 0.6) is 23.0 Å². The normalized spacial score (nSPS) is 14.2. The molecule has 2 aromatic rings. The summed E-state index contributed by atoms with van der Waals surface area (Å²) in [5, 5.41) is 0. The molecule has 7 nitrogen and oxygen atoms in total. The van der Waals surface area contributed by atoms with E-state index in [1.807, 2.05) is 23.1 Å². The number of carbonyl (C=O) groups excluding carboxylic acids is 1. The lowest BCUT2D eigenvalue weighted by Crippen LogP contribution is -2.48. The van der Waals surface area contributed by atoms with Gasteiger partial charge in [-0.3, -0.25) is 9.69 Å². The topological polar surface area (TPSA) is 60.5 Å². The van der Waals surface area contributed by atoms with Gasteiger partial charge in [0.05, 0.1) is 28.4 Å². The Morgan fingerprint density at radius 3 is 2.00 bits per heavy atom. The quantitative estimate of drug-likeness (QED) is 0.590. The van der Waals surface area contributed by atoms with Crippen LogP contribution in [-0.2, 0) is 17.8 Å². The third kappa shape index (κ3) is 5.62. The second kappa shape index (κ2) is 11.0. The fraction of sp³-hybridized carbons (Fsp3) is 0.458. The molecule has 0 radical (unpaired) electrons. The minimum Gasteiger partial charge on any atom is -0.494 e. The van der Waals surface area contributed by atoms with Crippen LogP contribution in [0.3, 0.4) is 0 Å². The molecular formula is C24H31FN2O5. The lowest BCUT2D eigenvalue weighted by Gasteiger charge is -2.35. The molecule has 3 rings (SSSR count). The van der Waals surface area contributed by atoms with Gasteiger partial charge in [-0.15, -0.1) is 0 Å². The van der Waals surface area contributed by atoms with Crippen molar-refractivity contribution in [3.8, 4) is 23.0 Å². The van der Waals surface area contributed by atoms with Crippen LogP contribution in [0.2, 0.25) is 0 Å². The summed E-state index contributed by atoms with van der Waals surface area (Å²) in [6, 6.07) is 8.78. The number of ether oxygens (including phenoxy) is 4. The average molecular weight is 447 g/mol. The molecule has 0 bridgehead atoms. The standard InChI is InChI=1S/C24H31FN2O5/c1-29-20-7-5-18(13-19(20)25)16-26-9-11-27(12-10-26)23(28)8-6-17-14-21(30-2)24(32-4)22(15-17)31-3/h5,7,13-15H,6,8-12,16H2,1-4H3. The summed E-state index contributed by atoms with van der Waals surface area (Å²) < 4.78 is 35.0. The van der Waals surface area contributed by atoms with Gasteiger partial charge in [0, 0.05) is 39.1 Å². The molecule has 1 amide bonds. The number of halogens is 1. The fourth-order valence-electron chi connectivity index (χ4n) is 3.91. The molecule has 1 saturated heterocycles. The smallest absolute Gasteiger partial charge is 0.222 e. The third-order valence-electron chi connectivity index (χ3n) is 5.70. The van der Waals surface area contributed by atoms with Crippen molar-refractivity contribution in [3.63, 3.8) is 0 Å². The molecule has 0 spiro atoms. The van der Waals surface area contributed by atoms with Crippen molar-refractivity contribution < 1.29 is 28.1 Å². The van der Waals surface area contributed by atoms with Gasteiger partial charge in [-0.2, -0.15) is 0 Å². The highest BCUT2D eigenvalue weighted by atomic mass is 19.1. The minimum absolute atomic E-state index is 0.119. The lowest BCUT2D eigenvalue weighted by atomic mass is 10.1. The Labute approximate surface area is 188 Å². The van der Waals surface area contributed by atoms with Gasteiger partial charge in [0.1, 0.15) is 0 Å². The summed E-state index contributed by atoms with van der Waals surface area (Å²) in [6.45, 7) is 3.47. The largest absolute Gasteiger partial charge is 0.494 e. The number of hydrogen-bond acceptors (Lipinski definition) is 6. The van der Waals surface area contributed by atoms with E-state index in [0.29, 0.717) is 49.7 Å². The maximum absolute atomic E-state index is 13.9. The van der Waals surface area contributed by atoms with Gasteiger partial charge in [-0.25, -0.2) is 4.39 Å². The van der Waals surface area contributed by atoms with E-state index >= 15 is 0 Å². The van der Waals surface area contributed by atoms with Crippen LogP contribution < -0.4 is 18.9 Å². The Morgan fingerprint density at radius 2 is 1.47 bits per heavy atom. The summed E-state index contributed by atoms with van der Waals surface area (Å²) in [4.78, 5) is 16.9. The van der Waals surface area contributed by atoms with Gasteiger partial charge in [0.15, 0.2) is 23.1 Å². The molecule has 8 heteroatoms. The van der Waals surface area contributed by atoms with Crippen molar-refractivity contribution >= 4 is 5.91 Å². The molecule has 32 heavy (non-hydrogen) atoms. The van der Waals surface area contributed by atoms with E-state index in [2.05, 4.69) is 4.90 Å². The Hall–Kier alpha value is -3.00. The number of benzene rings is 2. The van der Waals surface area contributed by atoms with Crippen molar-refractivity contribution in [2.75, 3.05) is 54.6 Å². The van der Waals surface area contributed by atoms with E-state index in [-0.39, 0.29) is 17.5 Å². The summed E-state index contributed by atoms with van der Waals surface area (Å²) >= 11 is 0. The highest BCUT2D eigenvalue weighted by Gasteiger charge is 2.22. The summed E-state index contributed by atoms with van der Waals surface area (Å²) in [5.41, 5.74) is 1.85. The Morgan fingerprint density at radius 1 is 0.844 bits per heavy atom. The summed E-state index contributed by atoms with van der Waals surface area (Å²) in [6.07, 6.45) is 0.989. The van der Waals surface area contributed by atoms with Crippen LogP contribution >= 0.6 is 0 Å². The van der Waals surface area contributed by atoms with Crippen molar-refractivity contribution in [2.24, 2.45) is 0 Å². The Kier molecular flexibility index (Phi) is 8.16. The van der Waals surface area contributed by atoms with Gasteiger partial charge >= 0.3 is 0 Å². The first-order valence-corrected chi connectivity index (χ1v) is 10.6. The van der Waals surface area contributed by atoms with Crippen LogP contribution in [0.25, 0.3) is 0 Å². The first kappa shape index (κ1) is 23.7. The predicted octanol–water partition coefficient (Wildman–Crippen LogP) is 3.14. The average Bonchev–Trinajstić information content (AvgIpc) is 2.82.